The second-order valence-electron chi connectivity index (χ2n) is 8.91. The molecule has 0 aromatic carbocycles. The molecule has 26 heavy (non-hydrogen) atoms. The number of hydrogen-bond donors (Lipinski definition) is 1. The summed E-state index contributed by atoms with van der Waals surface area (Å²) in [6, 6.07) is 0. The maximum absolute atomic E-state index is 12.0. The van der Waals surface area contributed by atoms with Crippen molar-refractivity contribution in [2.75, 3.05) is 0 Å². The van der Waals surface area contributed by atoms with Gasteiger partial charge >= 0.3 is 0 Å². The first-order valence-electron chi connectivity index (χ1n) is 9.94. The molecule has 4 aliphatic rings. The van der Waals surface area contributed by atoms with Crippen molar-refractivity contribution >= 4 is 5.78 Å². The van der Waals surface area contributed by atoms with Gasteiger partial charge < -0.3 is 5.11 Å². The van der Waals surface area contributed by atoms with Gasteiger partial charge in [0.2, 0.25) is 0 Å². The Kier molecular flexibility index (Phi) is 3.98. The molecule has 0 aromatic heterocycles. The van der Waals surface area contributed by atoms with Gasteiger partial charge in [0.05, 0.1) is 0 Å². The molecule has 0 heterocycles. The van der Waals surface area contributed by atoms with Crippen LogP contribution < -0.4 is 0 Å². The minimum atomic E-state index is -0.883. The van der Waals surface area contributed by atoms with E-state index in [0.717, 1.165) is 38.5 Å². The quantitative estimate of drug-likeness (QED) is 0.570. The highest BCUT2D eigenvalue weighted by Gasteiger charge is 2.61. The van der Waals surface area contributed by atoms with E-state index in [0.29, 0.717) is 24.7 Å². The maximum Gasteiger partial charge on any atom is 0.155 e. The Labute approximate surface area is 157 Å². The van der Waals surface area contributed by atoms with Crippen molar-refractivity contribution in [3.8, 4) is 24.2 Å². The lowest BCUT2D eigenvalue weighted by atomic mass is 9.49. The van der Waals surface area contributed by atoms with Gasteiger partial charge in [0.25, 0.3) is 0 Å². The summed E-state index contributed by atoms with van der Waals surface area (Å²) in [6.07, 6.45) is 16.8. The summed E-state index contributed by atoms with van der Waals surface area (Å²) in [7, 11) is 0. The molecule has 0 unspecified atom stereocenters. The molecule has 2 heteroatoms. The van der Waals surface area contributed by atoms with E-state index in [2.05, 4.69) is 30.8 Å². The van der Waals surface area contributed by atoms with Gasteiger partial charge in [-0.15, -0.1) is 18.3 Å². The normalized spacial score (nSPS) is 43.7. The summed E-state index contributed by atoms with van der Waals surface area (Å²) in [6.45, 7) is 4.04. The molecule has 0 amide bonds. The van der Waals surface area contributed by atoms with Crippen LogP contribution >= 0.6 is 0 Å². The van der Waals surface area contributed by atoms with E-state index in [-0.39, 0.29) is 16.6 Å². The third kappa shape index (κ3) is 2.15. The molecule has 4 rings (SSSR count). The predicted octanol–water partition coefficient (Wildman–Crippen LogP) is 4.20. The van der Waals surface area contributed by atoms with E-state index >= 15 is 0 Å². The van der Waals surface area contributed by atoms with Crippen LogP contribution in [0.4, 0.5) is 0 Å². The van der Waals surface area contributed by atoms with Crippen LogP contribution in [-0.4, -0.2) is 16.5 Å². The largest absolute Gasteiger partial charge is 0.377 e. The number of fused-ring (bicyclic) bond motifs is 5. The standard InChI is InChI=1S/C24H28O2/c1-4-11-23-14-8-18(25)16-17(23)6-7-19-20-10-15-24(26,12-5-2)22(20,3)13-9-21(19)23/h1,9,16,19-20,26H,6-8,10-11,13-15H2,2-3H3/t19-,20-,22-,23-,24-/m0/s1. The van der Waals surface area contributed by atoms with Crippen LogP contribution in [0, 0.1) is 46.9 Å². The SMILES string of the molecule is C#CC[C@]12CCC(=O)C=C1CC[C@@H]1C2=CC[C@@]2(C)[C@H]1CC[C@@]2(O)C#CC. The van der Waals surface area contributed by atoms with Gasteiger partial charge in [-0.3, -0.25) is 4.79 Å². The smallest absolute Gasteiger partial charge is 0.155 e. The second kappa shape index (κ2) is 5.87. The van der Waals surface area contributed by atoms with Crippen LogP contribution in [0.1, 0.15) is 65.2 Å². The summed E-state index contributed by atoms with van der Waals surface area (Å²) in [5.74, 6) is 10.2. The van der Waals surface area contributed by atoms with Crippen molar-refractivity contribution in [1.29, 1.82) is 0 Å². The Bertz CT molecular complexity index is 813. The van der Waals surface area contributed by atoms with E-state index < -0.39 is 5.60 Å². The summed E-state index contributed by atoms with van der Waals surface area (Å²) in [5, 5.41) is 11.3. The molecular weight excluding hydrogens is 320 g/mol. The number of aliphatic hydroxyl groups is 1. The van der Waals surface area contributed by atoms with E-state index in [1.54, 1.807) is 0 Å². The molecule has 0 aromatic rings. The molecule has 0 bridgehead atoms. The van der Waals surface area contributed by atoms with E-state index in [1.165, 1.54) is 11.1 Å². The molecule has 0 saturated heterocycles. The zero-order valence-electron chi connectivity index (χ0n) is 15.9. The predicted molar refractivity (Wildman–Crippen MR) is 103 cm³/mol. The average Bonchev–Trinajstić information content (AvgIpc) is 2.87. The third-order valence-corrected chi connectivity index (χ3v) is 7.97. The lowest BCUT2D eigenvalue weighted by Gasteiger charge is -2.54. The van der Waals surface area contributed by atoms with Gasteiger partial charge in [0, 0.05) is 23.7 Å². The fourth-order valence-corrected chi connectivity index (χ4v) is 6.58. The molecule has 136 valence electrons. The number of carbonyl (C=O) groups excluding carboxylic acids is 1. The van der Waals surface area contributed by atoms with Crippen molar-refractivity contribution in [3.05, 3.63) is 23.3 Å². The van der Waals surface area contributed by atoms with Gasteiger partial charge in [0.15, 0.2) is 5.78 Å². The maximum atomic E-state index is 12.0. The summed E-state index contributed by atoms with van der Waals surface area (Å²) >= 11 is 0. The van der Waals surface area contributed by atoms with Crippen LogP contribution in [0.25, 0.3) is 0 Å². The first kappa shape index (κ1) is 17.6. The Morgan fingerprint density at radius 3 is 2.85 bits per heavy atom. The van der Waals surface area contributed by atoms with Gasteiger partial charge in [0.1, 0.15) is 5.60 Å². The highest BCUT2D eigenvalue weighted by atomic mass is 16.3. The van der Waals surface area contributed by atoms with Crippen molar-refractivity contribution in [3.63, 3.8) is 0 Å². The van der Waals surface area contributed by atoms with E-state index in [4.69, 9.17) is 6.42 Å². The van der Waals surface area contributed by atoms with Crippen LogP contribution in [0.5, 0.6) is 0 Å². The number of rotatable bonds is 1. The molecule has 0 spiro atoms. The fourth-order valence-electron chi connectivity index (χ4n) is 6.58. The first-order chi connectivity index (χ1) is 12.4. The summed E-state index contributed by atoms with van der Waals surface area (Å²) < 4.78 is 0. The zero-order chi connectivity index (χ0) is 18.6. The van der Waals surface area contributed by atoms with E-state index in [1.807, 2.05) is 13.0 Å². The topological polar surface area (TPSA) is 37.3 Å². The van der Waals surface area contributed by atoms with Gasteiger partial charge in [-0.1, -0.05) is 30.1 Å². The van der Waals surface area contributed by atoms with Gasteiger partial charge in [-0.25, -0.2) is 0 Å². The molecule has 2 fully saturated rings. The van der Waals surface area contributed by atoms with Crippen LogP contribution in [0.15, 0.2) is 23.3 Å². The molecule has 0 radical (unpaired) electrons. The zero-order valence-corrected chi connectivity index (χ0v) is 15.9. The molecule has 4 aliphatic carbocycles. The van der Waals surface area contributed by atoms with Crippen molar-refractivity contribution in [2.24, 2.45) is 22.7 Å². The van der Waals surface area contributed by atoms with Crippen LogP contribution in [-0.2, 0) is 4.79 Å². The van der Waals surface area contributed by atoms with Gasteiger partial charge in [-0.05, 0) is 63.4 Å². The van der Waals surface area contributed by atoms with Gasteiger partial charge in [-0.2, -0.15) is 0 Å². The van der Waals surface area contributed by atoms with Crippen molar-refractivity contribution in [2.45, 2.75) is 70.8 Å². The van der Waals surface area contributed by atoms with Crippen LogP contribution in [0.2, 0.25) is 0 Å². The van der Waals surface area contributed by atoms with E-state index in [9.17, 15) is 9.90 Å². The fraction of sp³-hybridized carbons (Fsp3) is 0.625. The third-order valence-electron chi connectivity index (χ3n) is 7.97. The lowest BCUT2D eigenvalue weighted by Crippen LogP contribution is -2.50. The summed E-state index contributed by atoms with van der Waals surface area (Å²) in [5.41, 5.74) is 1.56. The molecule has 2 nitrogen and oxygen atoms in total. The molecule has 1 N–H and O–H groups in total. The lowest BCUT2D eigenvalue weighted by molar-refractivity contribution is -0.115. The number of terminal acetylenes is 1. The average molecular weight is 348 g/mol. The minimum Gasteiger partial charge on any atom is -0.377 e. The second-order valence-corrected chi connectivity index (χ2v) is 8.91. The number of allylic oxidation sites excluding steroid dienone is 4. The van der Waals surface area contributed by atoms with Crippen molar-refractivity contribution < 1.29 is 9.90 Å². The Morgan fingerprint density at radius 2 is 2.12 bits per heavy atom. The number of ketones is 1. The Morgan fingerprint density at radius 1 is 1.31 bits per heavy atom. The molecule has 5 atom stereocenters. The molecule has 2 saturated carbocycles. The van der Waals surface area contributed by atoms with Crippen molar-refractivity contribution in [1.82, 2.24) is 0 Å². The minimum absolute atomic E-state index is 0.107. The Balaban J connectivity index is 1.80. The summed E-state index contributed by atoms with van der Waals surface area (Å²) in [4.78, 5) is 12.0. The molecule has 0 aliphatic heterocycles. The highest BCUT2D eigenvalue weighted by Crippen LogP contribution is 2.66. The first-order valence-corrected chi connectivity index (χ1v) is 9.94. The highest BCUT2D eigenvalue weighted by molar-refractivity contribution is 5.92. The Hall–Kier alpha value is -1.77. The number of carbonyl (C=O) groups is 1. The monoisotopic (exact) mass is 348 g/mol. The molecular formula is C24H28O2. The number of hydrogen-bond acceptors (Lipinski definition) is 2. The van der Waals surface area contributed by atoms with Crippen LogP contribution in [0.3, 0.4) is 0 Å².